The molecule has 2 aromatic rings. The summed E-state index contributed by atoms with van der Waals surface area (Å²) in [5.74, 6) is 0.306. The third-order valence-corrected chi connectivity index (χ3v) is 6.15. The summed E-state index contributed by atoms with van der Waals surface area (Å²) in [6.45, 7) is 6.34. The Bertz CT molecular complexity index is 913. The van der Waals surface area contributed by atoms with E-state index in [-0.39, 0.29) is 29.9 Å². The molecule has 0 spiro atoms. The Balaban J connectivity index is 1.50. The van der Waals surface area contributed by atoms with E-state index < -0.39 is 0 Å². The van der Waals surface area contributed by atoms with Crippen LogP contribution in [-0.4, -0.2) is 24.5 Å². The summed E-state index contributed by atoms with van der Waals surface area (Å²) < 4.78 is 6.48. The predicted molar refractivity (Wildman–Crippen MR) is 128 cm³/mol. The lowest BCUT2D eigenvalue weighted by molar-refractivity contribution is -0.118. The van der Waals surface area contributed by atoms with E-state index in [1.54, 1.807) is 24.3 Å². The van der Waals surface area contributed by atoms with Crippen molar-refractivity contribution in [1.29, 1.82) is 0 Å². The third kappa shape index (κ3) is 6.82. The summed E-state index contributed by atoms with van der Waals surface area (Å²) in [6.07, 6.45) is 5.71. The zero-order chi connectivity index (χ0) is 22.4. The van der Waals surface area contributed by atoms with Crippen molar-refractivity contribution in [3.8, 4) is 5.75 Å². The van der Waals surface area contributed by atoms with Gasteiger partial charge in [0.15, 0.2) is 6.61 Å². The van der Waals surface area contributed by atoms with Crippen LogP contribution in [0.2, 0.25) is 0 Å². The van der Waals surface area contributed by atoms with Gasteiger partial charge in [0.05, 0.1) is 4.47 Å². The lowest BCUT2D eigenvalue weighted by Crippen LogP contribution is -2.36. The van der Waals surface area contributed by atoms with E-state index in [0.717, 1.165) is 17.3 Å². The van der Waals surface area contributed by atoms with Gasteiger partial charge >= 0.3 is 0 Å². The molecule has 166 valence electrons. The second-order valence-electron chi connectivity index (χ2n) is 9.12. The Morgan fingerprint density at radius 2 is 1.71 bits per heavy atom. The minimum Gasteiger partial charge on any atom is -0.483 e. The van der Waals surface area contributed by atoms with E-state index in [1.165, 1.54) is 24.8 Å². The number of hydrogen-bond donors (Lipinski definition) is 2. The number of nitrogens with one attached hydrogen (secondary N) is 2. The quantitative estimate of drug-likeness (QED) is 0.539. The van der Waals surface area contributed by atoms with Crippen molar-refractivity contribution < 1.29 is 14.3 Å². The summed E-state index contributed by atoms with van der Waals surface area (Å²) in [4.78, 5) is 24.7. The molecular weight excluding hydrogens is 456 g/mol. The Morgan fingerprint density at radius 1 is 1.03 bits per heavy atom. The maximum atomic E-state index is 12.4. The highest BCUT2D eigenvalue weighted by atomic mass is 79.9. The zero-order valence-corrected chi connectivity index (χ0v) is 20.1. The van der Waals surface area contributed by atoms with Gasteiger partial charge in [-0.15, -0.1) is 0 Å². The second-order valence-corrected chi connectivity index (χ2v) is 9.97. The SMILES string of the molecule is CC(C)(C)c1ccc(OCC(=O)Nc2ccc(C(=O)NC3CCCCC3)cc2)c(Br)c1. The van der Waals surface area contributed by atoms with E-state index in [1.807, 2.05) is 18.2 Å². The summed E-state index contributed by atoms with van der Waals surface area (Å²) in [6, 6.07) is 13.1. The molecular formula is C25H31BrN2O3. The number of hydrogen-bond acceptors (Lipinski definition) is 3. The van der Waals surface area contributed by atoms with Crippen molar-refractivity contribution in [2.45, 2.75) is 64.3 Å². The number of halogens is 1. The lowest BCUT2D eigenvalue weighted by atomic mass is 9.87. The fourth-order valence-corrected chi connectivity index (χ4v) is 4.14. The molecule has 0 unspecified atom stereocenters. The Morgan fingerprint density at radius 3 is 2.32 bits per heavy atom. The molecule has 1 aliphatic carbocycles. The average molecular weight is 487 g/mol. The van der Waals surface area contributed by atoms with Gasteiger partial charge in [0.25, 0.3) is 11.8 Å². The van der Waals surface area contributed by atoms with Crippen molar-refractivity contribution >= 4 is 33.4 Å². The zero-order valence-electron chi connectivity index (χ0n) is 18.5. The average Bonchev–Trinajstić information content (AvgIpc) is 2.73. The van der Waals surface area contributed by atoms with Gasteiger partial charge in [-0.25, -0.2) is 0 Å². The van der Waals surface area contributed by atoms with E-state index >= 15 is 0 Å². The first-order chi connectivity index (χ1) is 14.7. The van der Waals surface area contributed by atoms with Crippen LogP contribution in [0.15, 0.2) is 46.9 Å². The number of carbonyl (C=O) groups is 2. The fraction of sp³-hybridized carbons (Fsp3) is 0.440. The topological polar surface area (TPSA) is 67.4 Å². The standard InChI is InChI=1S/C25H31BrN2O3/c1-25(2,3)18-11-14-22(21(26)15-18)31-16-23(29)27-20-12-9-17(10-13-20)24(30)28-19-7-5-4-6-8-19/h9-15,19H,4-8,16H2,1-3H3,(H,27,29)(H,28,30). The molecule has 0 saturated heterocycles. The van der Waals surface area contributed by atoms with Gasteiger partial charge in [-0.3, -0.25) is 9.59 Å². The van der Waals surface area contributed by atoms with Gasteiger partial charge in [-0.2, -0.15) is 0 Å². The Hall–Kier alpha value is -2.34. The highest BCUT2D eigenvalue weighted by Crippen LogP contribution is 2.31. The van der Waals surface area contributed by atoms with Crippen molar-refractivity contribution in [1.82, 2.24) is 5.32 Å². The van der Waals surface area contributed by atoms with Gasteiger partial charge in [0.2, 0.25) is 0 Å². The van der Waals surface area contributed by atoms with Crippen LogP contribution in [0.25, 0.3) is 0 Å². The third-order valence-electron chi connectivity index (χ3n) is 5.53. The van der Waals surface area contributed by atoms with E-state index in [0.29, 0.717) is 17.0 Å². The van der Waals surface area contributed by atoms with Gasteiger partial charge in [0, 0.05) is 17.3 Å². The van der Waals surface area contributed by atoms with Crippen LogP contribution in [0, 0.1) is 0 Å². The van der Waals surface area contributed by atoms with Crippen molar-refractivity contribution in [3.63, 3.8) is 0 Å². The van der Waals surface area contributed by atoms with Crippen LogP contribution in [0.1, 0.15) is 68.8 Å². The number of carbonyl (C=O) groups excluding carboxylic acids is 2. The molecule has 0 radical (unpaired) electrons. The van der Waals surface area contributed by atoms with Gasteiger partial charge in [0.1, 0.15) is 5.75 Å². The minimum atomic E-state index is -0.258. The summed E-state index contributed by atoms with van der Waals surface area (Å²) in [5.41, 5.74) is 2.45. The van der Waals surface area contributed by atoms with Crippen molar-refractivity contribution in [3.05, 3.63) is 58.1 Å². The number of benzene rings is 2. The molecule has 0 aliphatic heterocycles. The molecule has 0 atom stereocenters. The highest BCUT2D eigenvalue weighted by molar-refractivity contribution is 9.10. The van der Waals surface area contributed by atoms with Gasteiger partial charge in [-0.1, -0.05) is 46.1 Å². The first kappa shape index (κ1) is 23.3. The molecule has 0 aromatic heterocycles. The maximum Gasteiger partial charge on any atom is 0.262 e. The largest absolute Gasteiger partial charge is 0.483 e. The molecule has 1 aliphatic rings. The molecule has 5 nitrogen and oxygen atoms in total. The van der Waals surface area contributed by atoms with E-state index in [9.17, 15) is 9.59 Å². The summed E-state index contributed by atoms with van der Waals surface area (Å²) >= 11 is 3.52. The van der Waals surface area contributed by atoms with Crippen LogP contribution in [-0.2, 0) is 10.2 Å². The molecule has 0 bridgehead atoms. The number of ether oxygens (including phenoxy) is 1. The predicted octanol–water partition coefficient (Wildman–Crippen LogP) is 5.83. The Kier molecular flexibility index (Phi) is 7.76. The van der Waals surface area contributed by atoms with E-state index in [2.05, 4.69) is 47.3 Å². The molecule has 1 saturated carbocycles. The Labute approximate surface area is 193 Å². The number of rotatable bonds is 6. The molecule has 0 heterocycles. The first-order valence-electron chi connectivity index (χ1n) is 10.9. The van der Waals surface area contributed by atoms with Crippen molar-refractivity contribution in [2.75, 3.05) is 11.9 Å². The smallest absolute Gasteiger partial charge is 0.262 e. The van der Waals surface area contributed by atoms with Crippen LogP contribution >= 0.6 is 15.9 Å². The maximum absolute atomic E-state index is 12.4. The van der Waals surface area contributed by atoms with E-state index in [4.69, 9.17) is 4.74 Å². The van der Waals surface area contributed by atoms with Gasteiger partial charge < -0.3 is 15.4 Å². The number of amides is 2. The molecule has 2 N–H and O–H groups in total. The summed E-state index contributed by atoms with van der Waals surface area (Å²) in [5, 5.41) is 5.91. The highest BCUT2D eigenvalue weighted by Gasteiger charge is 2.17. The molecule has 3 rings (SSSR count). The van der Waals surface area contributed by atoms with Crippen LogP contribution < -0.4 is 15.4 Å². The molecule has 1 fully saturated rings. The normalized spacial score (nSPS) is 14.7. The monoisotopic (exact) mass is 486 g/mol. The first-order valence-corrected chi connectivity index (χ1v) is 11.7. The van der Waals surface area contributed by atoms with Crippen molar-refractivity contribution in [2.24, 2.45) is 0 Å². The second kappa shape index (κ2) is 10.3. The van der Waals surface area contributed by atoms with Gasteiger partial charge in [-0.05, 0) is 76.1 Å². The minimum absolute atomic E-state index is 0.0396. The molecule has 2 amide bonds. The molecule has 2 aromatic carbocycles. The van der Waals surface area contributed by atoms with Crippen LogP contribution in [0.4, 0.5) is 5.69 Å². The number of anilines is 1. The molecule has 6 heteroatoms. The van der Waals surface area contributed by atoms with Crippen LogP contribution in [0.3, 0.4) is 0 Å². The lowest BCUT2D eigenvalue weighted by Gasteiger charge is -2.22. The van der Waals surface area contributed by atoms with Crippen LogP contribution in [0.5, 0.6) is 5.75 Å². The fourth-order valence-electron chi connectivity index (χ4n) is 3.65. The summed E-state index contributed by atoms with van der Waals surface area (Å²) in [7, 11) is 0. The molecule has 31 heavy (non-hydrogen) atoms.